The lowest BCUT2D eigenvalue weighted by Gasteiger charge is -1.51. The fourth-order valence-corrected chi connectivity index (χ4v) is 0. The highest BCUT2D eigenvalue weighted by atomic mass is 16.1. The average molecular weight is 116 g/mol. The number of aldehydes is 2. The molecule has 48 valence electrons. The predicted octanol–water partition coefficient (Wildman–Crippen LogP) is 1.19. The van der Waals surface area contributed by atoms with Crippen LogP contribution in [0.25, 0.3) is 0 Å². The largest absolute Gasteiger partial charge is 0.303 e. The molecule has 0 unspecified atom stereocenters. The van der Waals surface area contributed by atoms with Crippen LogP contribution < -0.4 is 0 Å². The standard InChI is InChI=1S/2C3H6O/c2*1-2-3-4/h2*3H,2H2,1H3. The molecule has 0 atom stereocenters. The molecule has 0 bridgehead atoms. The van der Waals surface area contributed by atoms with Gasteiger partial charge in [0.25, 0.3) is 0 Å². The van der Waals surface area contributed by atoms with Crippen molar-refractivity contribution in [3.05, 3.63) is 0 Å². The number of carbonyl (C=O) groups excluding carboxylic acids is 2. The Labute approximate surface area is 49.9 Å². The number of hydrogen-bond acceptors (Lipinski definition) is 2. The number of carbonyl (C=O) groups is 2. The van der Waals surface area contributed by atoms with Crippen molar-refractivity contribution in [3.63, 3.8) is 0 Å². The molecular formula is C6H12O2. The monoisotopic (exact) mass is 116 g/mol. The highest BCUT2D eigenvalue weighted by molar-refractivity contribution is 5.48. The lowest BCUT2D eigenvalue weighted by atomic mass is 10.6. The first-order valence-corrected chi connectivity index (χ1v) is 2.70. The van der Waals surface area contributed by atoms with Gasteiger partial charge in [0.2, 0.25) is 0 Å². The lowest BCUT2D eigenvalue weighted by Crippen LogP contribution is -1.55. The van der Waals surface area contributed by atoms with Crippen LogP contribution in [0.15, 0.2) is 0 Å². The molecule has 2 heteroatoms. The van der Waals surface area contributed by atoms with Gasteiger partial charge in [0, 0.05) is 12.8 Å². The minimum absolute atomic E-state index is 0.639. The summed E-state index contributed by atoms with van der Waals surface area (Å²) in [4.78, 5) is 18.3. The van der Waals surface area contributed by atoms with E-state index < -0.39 is 0 Å². The van der Waals surface area contributed by atoms with Gasteiger partial charge in [0.15, 0.2) is 0 Å². The van der Waals surface area contributed by atoms with Crippen molar-refractivity contribution in [2.24, 2.45) is 0 Å². The Bertz CT molecular complexity index is 42.5. The molecule has 0 aromatic rings. The molecule has 0 spiro atoms. The predicted molar refractivity (Wildman–Crippen MR) is 32.7 cm³/mol. The Kier molecular flexibility index (Phi) is 21.0. The Balaban J connectivity index is 0. The van der Waals surface area contributed by atoms with Gasteiger partial charge < -0.3 is 9.59 Å². The van der Waals surface area contributed by atoms with Crippen molar-refractivity contribution in [1.29, 1.82) is 0 Å². The second-order valence-corrected chi connectivity index (χ2v) is 1.15. The average Bonchev–Trinajstić information content (AvgIpc) is 1.88. The maximum Gasteiger partial charge on any atom is 0.119 e. The molecule has 0 fully saturated rings. The third-order valence-corrected chi connectivity index (χ3v) is 0.333. The van der Waals surface area contributed by atoms with Crippen LogP contribution in [-0.2, 0) is 9.59 Å². The SMILES string of the molecule is CCC=O.CCC=O. The normalized spacial score (nSPS) is 6.25. The van der Waals surface area contributed by atoms with Crippen molar-refractivity contribution < 1.29 is 9.59 Å². The molecule has 2 nitrogen and oxygen atoms in total. The minimum atomic E-state index is 0.639. The number of hydrogen-bond donors (Lipinski definition) is 0. The zero-order valence-corrected chi connectivity index (χ0v) is 5.39. The van der Waals surface area contributed by atoms with E-state index in [4.69, 9.17) is 0 Å². The van der Waals surface area contributed by atoms with E-state index in [1.54, 1.807) is 0 Å². The van der Waals surface area contributed by atoms with E-state index in [1.807, 2.05) is 13.8 Å². The molecule has 0 aliphatic heterocycles. The highest BCUT2D eigenvalue weighted by Crippen LogP contribution is 1.53. The Morgan fingerprint density at radius 2 is 1.12 bits per heavy atom. The van der Waals surface area contributed by atoms with Crippen molar-refractivity contribution in [3.8, 4) is 0 Å². The maximum atomic E-state index is 9.17. The zero-order valence-electron chi connectivity index (χ0n) is 5.39. The van der Waals surface area contributed by atoms with E-state index in [9.17, 15) is 9.59 Å². The fraction of sp³-hybridized carbons (Fsp3) is 0.667. The third kappa shape index (κ3) is 56.0. The molecule has 0 aromatic carbocycles. The van der Waals surface area contributed by atoms with Gasteiger partial charge in [0.1, 0.15) is 12.6 Å². The van der Waals surface area contributed by atoms with Crippen LogP contribution in [0.3, 0.4) is 0 Å². The first kappa shape index (κ1) is 10.3. The molecule has 0 radical (unpaired) electrons. The van der Waals surface area contributed by atoms with Crippen LogP contribution in [-0.4, -0.2) is 12.6 Å². The Morgan fingerprint density at radius 3 is 1.12 bits per heavy atom. The zero-order chi connectivity index (χ0) is 6.83. The summed E-state index contributed by atoms with van der Waals surface area (Å²) < 4.78 is 0. The van der Waals surface area contributed by atoms with Crippen LogP contribution >= 0.6 is 0 Å². The minimum Gasteiger partial charge on any atom is -0.303 e. The maximum absolute atomic E-state index is 9.17. The summed E-state index contributed by atoms with van der Waals surface area (Å²) in [7, 11) is 0. The van der Waals surface area contributed by atoms with Crippen LogP contribution in [0.4, 0.5) is 0 Å². The van der Waals surface area contributed by atoms with Gasteiger partial charge in [-0.3, -0.25) is 0 Å². The van der Waals surface area contributed by atoms with Gasteiger partial charge in [0.05, 0.1) is 0 Å². The molecule has 0 aromatic heterocycles. The summed E-state index contributed by atoms with van der Waals surface area (Å²) in [5.41, 5.74) is 0. The quantitative estimate of drug-likeness (QED) is 0.508. The second-order valence-electron chi connectivity index (χ2n) is 1.15. The summed E-state index contributed by atoms with van der Waals surface area (Å²) in [6, 6.07) is 0. The van der Waals surface area contributed by atoms with Crippen LogP contribution in [0.5, 0.6) is 0 Å². The first-order valence-electron chi connectivity index (χ1n) is 2.70. The summed E-state index contributed by atoms with van der Waals surface area (Å²) in [5, 5.41) is 0. The second kappa shape index (κ2) is 16.2. The van der Waals surface area contributed by atoms with Gasteiger partial charge in [-0.2, -0.15) is 0 Å². The van der Waals surface area contributed by atoms with Crippen molar-refractivity contribution >= 4 is 12.6 Å². The van der Waals surface area contributed by atoms with Crippen LogP contribution in [0.2, 0.25) is 0 Å². The van der Waals surface area contributed by atoms with Crippen molar-refractivity contribution in [1.82, 2.24) is 0 Å². The topological polar surface area (TPSA) is 34.1 Å². The van der Waals surface area contributed by atoms with Gasteiger partial charge in [-0.05, 0) is 0 Å². The van der Waals surface area contributed by atoms with Gasteiger partial charge in [-0.25, -0.2) is 0 Å². The van der Waals surface area contributed by atoms with Crippen molar-refractivity contribution in [2.45, 2.75) is 26.7 Å². The van der Waals surface area contributed by atoms with E-state index in [1.165, 1.54) is 0 Å². The van der Waals surface area contributed by atoms with Crippen LogP contribution in [0, 0.1) is 0 Å². The third-order valence-electron chi connectivity index (χ3n) is 0.333. The van der Waals surface area contributed by atoms with E-state index in [0.29, 0.717) is 12.8 Å². The molecular weight excluding hydrogens is 104 g/mol. The fourth-order valence-electron chi connectivity index (χ4n) is 0. The van der Waals surface area contributed by atoms with Crippen LogP contribution in [0.1, 0.15) is 26.7 Å². The molecule has 8 heavy (non-hydrogen) atoms. The van der Waals surface area contributed by atoms with Gasteiger partial charge in [-0.1, -0.05) is 13.8 Å². The Morgan fingerprint density at radius 1 is 1.00 bits per heavy atom. The van der Waals surface area contributed by atoms with Gasteiger partial charge >= 0.3 is 0 Å². The van der Waals surface area contributed by atoms with E-state index in [2.05, 4.69) is 0 Å². The summed E-state index contributed by atoms with van der Waals surface area (Å²) in [5.74, 6) is 0. The van der Waals surface area contributed by atoms with Crippen molar-refractivity contribution in [2.75, 3.05) is 0 Å². The smallest absolute Gasteiger partial charge is 0.119 e. The van der Waals surface area contributed by atoms with E-state index in [0.717, 1.165) is 12.6 Å². The lowest BCUT2D eigenvalue weighted by molar-refractivity contribution is -0.108. The van der Waals surface area contributed by atoms with E-state index >= 15 is 0 Å². The summed E-state index contributed by atoms with van der Waals surface area (Å²) in [6.07, 6.45) is 3.03. The Hall–Kier alpha value is -0.660. The molecule has 0 aliphatic carbocycles. The summed E-state index contributed by atoms with van der Waals surface area (Å²) in [6.45, 7) is 3.62. The summed E-state index contributed by atoms with van der Waals surface area (Å²) >= 11 is 0. The molecule has 0 amide bonds. The molecule has 0 N–H and O–H groups in total. The molecule has 0 rings (SSSR count). The van der Waals surface area contributed by atoms with Gasteiger partial charge in [-0.15, -0.1) is 0 Å². The molecule has 0 saturated carbocycles. The molecule has 0 saturated heterocycles. The highest BCUT2D eigenvalue weighted by Gasteiger charge is 1.53. The molecule has 0 heterocycles. The number of rotatable bonds is 2. The van der Waals surface area contributed by atoms with E-state index in [-0.39, 0.29) is 0 Å². The first-order chi connectivity index (χ1) is 3.83. The molecule has 0 aliphatic rings.